The van der Waals surface area contributed by atoms with Crippen molar-refractivity contribution in [3.05, 3.63) is 35.4 Å². The van der Waals surface area contributed by atoms with Gasteiger partial charge in [0.15, 0.2) is 0 Å². The summed E-state index contributed by atoms with van der Waals surface area (Å²) in [6.45, 7) is 2.60. The van der Waals surface area contributed by atoms with E-state index in [1.165, 1.54) is 18.2 Å². The monoisotopic (exact) mass is 268 g/mol. The van der Waals surface area contributed by atoms with Crippen LogP contribution < -0.4 is 0 Å². The zero-order valence-corrected chi connectivity index (χ0v) is 10.5. The second-order valence-corrected chi connectivity index (χ2v) is 3.85. The molecule has 0 aromatic heterocycles. The number of benzene rings is 1. The molecule has 1 heterocycles. The summed E-state index contributed by atoms with van der Waals surface area (Å²) in [5.41, 5.74) is -0.126. The molecular weight excluding hydrogens is 252 g/mol. The number of carbonyl (C=O) groups excluding carboxylic acids is 1. The molecule has 1 atom stereocenters. The minimum absolute atomic E-state index is 0.0153. The Morgan fingerprint density at radius 3 is 2.32 bits per heavy atom. The van der Waals surface area contributed by atoms with Crippen molar-refractivity contribution in [2.24, 2.45) is 0 Å². The molecule has 1 saturated heterocycles. The molecule has 1 aromatic rings. The van der Waals surface area contributed by atoms with Gasteiger partial charge in [0.1, 0.15) is 6.61 Å². The van der Waals surface area contributed by atoms with Gasteiger partial charge in [0, 0.05) is 0 Å². The first-order valence-corrected chi connectivity index (χ1v) is 5.78. The fraction of sp³-hybridized carbons (Fsp3) is 0.385. The molecule has 2 N–H and O–H groups in total. The minimum atomic E-state index is -1.19. The lowest BCUT2D eigenvalue weighted by Gasteiger charge is -2.05. The van der Waals surface area contributed by atoms with Gasteiger partial charge in [-0.25, -0.2) is 9.59 Å². The second kappa shape index (κ2) is 7.50. The summed E-state index contributed by atoms with van der Waals surface area (Å²) in [5, 5.41) is 17.2. The average Bonchev–Trinajstić information content (AvgIpc) is 3.19. The zero-order chi connectivity index (χ0) is 14.3. The van der Waals surface area contributed by atoms with Crippen molar-refractivity contribution in [3.8, 4) is 0 Å². The van der Waals surface area contributed by atoms with E-state index in [1.54, 1.807) is 6.07 Å². The third-order valence-corrected chi connectivity index (χ3v) is 2.20. The van der Waals surface area contributed by atoms with Crippen LogP contribution in [-0.2, 0) is 9.47 Å². The van der Waals surface area contributed by atoms with E-state index >= 15 is 0 Å². The molecule has 1 aromatic carbocycles. The van der Waals surface area contributed by atoms with Gasteiger partial charge in [-0.3, -0.25) is 0 Å². The Morgan fingerprint density at radius 1 is 1.37 bits per heavy atom. The van der Waals surface area contributed by atoms with Gasteiger partial charge in [-0.1, -0.05) is 12.1 Å². The van der Waals surface area contributed by atoms with Crippen LogP contribution in [0.1, 0.15) is 27.6 Å². The smallest absolute Gasteiger partial charge is 0.339 e. The molecule has 0 amide bonds. The number of carboxylic acids is 1. The maximum atomic E-state index is 11.3. The van der Waals surface area contributed by atoms with E-state index < -0.39 is 11.9 Å². The number of epoxide rings is 1. The van der Waals surface area contributed by atoms with Crippen molar-refractivity contribution in [2.45, 2.75) is 13.0 Å². The van der Waals surface area contributed by atoms with Crippen molar-refractivity contribution in [3.63, 3.8) is 0 Å². The number of aliphatic hydroxyl groups excluding tert-OH is 1. The Labute approximate surface area is 110 Å². The van der Waals surface area contributed by atoms with Gasteiger partial charge in [0.2, 0.25) is 0 Å². The standard InChI is InChI=1S/C10H10O5.C3H6O/c11-5-6-15-10(14)8-4-2-1-3-7(8)9(12)13;1-3-2-4-3/h1-4,11H,5-6H2,(H,12,13);3H,2H2,1H3. The van der Waals surface area contributed by atoms with Crippen molar-refractivity contribution in [1.29, 1.82) is 0 Å². The fourth-order valence-corrected chi connectivity index (χ4v) is 1.16. The lowest BCUT2D eigenvalue weighted by Crippen LogP contribution is -2.13. The highest BCUT2D eigenvalue weighted by Crippen LogP contribution is 2.10. The van der Waals surface area contributed by atoms with Crippen LogP contribution in [-0.4, -0.2) is 48.1 Å². The minimum Gasteiger partial charge on any atom is -0.478 e. The summed E-state index contributed by atoms with van der Waals surface area (Å²) in [4.78, 5) is 22.1. The predicted molar refractivity (Wildman–Crippen MR) is 66.2 cm³/mol. The Bertz CT molecular complexity index is 439. The van der Waals surface area contributed by atoms with Crippen LogP contribution in [0.4, 0.5) is 0 Å². The SMILES string of the molecule is CC1CO1.O=C(O)c1ccccc1C(=O)OCCO. The predicted octanol–water partition coefficient (Wildman–Crippen LogP) is 0.939. The maximum absolute atomic E-state index is 11.3. The molecule has 0 spiro atoms. The van der Waals surface area contributed by atoms with Gasteiger partial charge in [0.05, 0.1) is 30.4 Å². The lowest BCUT2D eigenvalue weighted by molar-refractivity contribution is 0.0426. The quantitative estimate of drug-likeness (QED) is 0.623. The number of carboxylic acid groups (broad SMARTS) is 1. The summed E-state index contributed by atoms with van der Waals surface area (Å²) in [7, 11) is 0. The van der Waals surface area contributed by atoms with Crippen LogP contribution in [0.5, 0.6) is 0 Å². The van der Waals surface area contributed by atoms with Crippen molar-refractivity contribution < 1.29 is 29.3 Å². The fourth-order valence-electron chi connectivity index (χ4n) is 1.16. The third kappa shape index (κ3) is 5.50. The van der Waals surface area contributed by atoms with Gasteiger partial charge in [0.25, 0.3) is 0 Å². The van der Waals surface area contributed by atoms with Crippen LogP contribution in [0.15, 0.2) is 24.3 Å². The molecular formula is C13H16O6. The van der Waals surface area contributed by atoms with Crippen molar-refractivity contribution >= 4 is 11.9 Å². The summed E-state index contributed by atoms with van der Waals surface area (Å²) >= 11 is 0. The van der Waals surface area contributed by atoms with Gasteiger partial charge in [-0.05, 0) is 19.1 Å². The van der Waals surface area contributed by atoms with E-state index in [-0.39, 0.29) is 24.3 Å². The summed E-state index contributed by atoms with van der Waals surface area (Å²) in [5.74, 6) is -1.94. The number of ether oxygens (including phenoxy) is 2. The largest absolute Gasteiger partial charge is 0.478 e. The van der Waals surface area contributed by atoms with Gasteiger partial charge in [-0.15, -0.1) is 0 Å². The number of aromatic carboxylic acids is 1. The van der Waals surface area contributed by atoms with E-state index in [2.05, 4.69) is 11.7 Å². The molecule has 2 rings (SSSR count). The highest BCUT2D eigenvalue weighted by Gasteiger charge is 2.16. The van der Waals surface area contributed by atoms with E-state index in [9.17, 15) is 9.59 Å². The van der Waals surface area contributed by atoms with Crippen LogP contribution >= 0.6 is 0 Å². The van der Waals surface area contributed by atoms with Crippen LogP contribution in [0.25, 0.3) is 0 Å². The first-order chi connectivity index (χ1) is 9.06. The molecule has 1 fully saturated rings. The van der Waals surface area contributed by atoms with Crippen molar-refractivity contribution in [1.82, 2.24) is 0 Å². The first kappa shape index (κ1) is 15.1. The lowest BCUT2D eigenvalue weighted by atomic mass is 10.1. The number of carbonyl (C=O) groups is 2. The number of aliphatic hydroxyl groups is 1. The van der Waals surface area contributed by atoms with Gasteiger partial charge >= 0.3 is 11.9 Å². The molecule has 19 heavy (non-hydrogen) atoms. The number of hydrogen-bond donors (Lipinski definition) is 2. The maximum Gasteiger partial charge on any atom is 0.339 e. The molecule has 1 aliphatic rings. The summed E-state index contributed by atoms with van der Waals surface area (Å²) in [6, 6.07) is 5.75. The molecule has 0 aliphatic carbocycles. The Hall–Kier alpha value is -1.92. The summed E-state index contributed by atoms with van der Waals surface area (Å²) < 4.78 is 9.32. The molecule has 0 radical (unpaired) electrons. The molecule has 6 nitrogen and oxygen atoms in total. The third-order valence-electron chi connectivity index (χ3n) is 2.20. The zero-order valence-electron chi connectivity index (χ0n) is 10.5. The molecule has 1 aliphatic heterocycles. The highest BCUT2D eigenvalue weighted by molar-refractivity contribution is 6.02. The number of esters is 1. The van der Waals surface area contributed by atoms with Gasteiger partial charge < -0.3 is 19.7 Å². The topological polar surface area (TPSA) is 96.4 Å². The van der Waals surface area contributed by atoms with Crippen LogP contribution in [0.3, 0.4) is 0 Å². The Balaban J connectivity index is 0.000000382. The average molecular weight is 268 g/mol. The van der Waals surface area contributed by atoms with Crippen LogP contribution in [0, 0.1) is 0 Å². The Kier molecular flexibility index (Phi) is 5.98. The molecule has 1 unspecified atom stereocenters. The van der Waals surface area contributed by atoms with Gasteiger partial charge in [-0.2, -0.15) is 0 Å². The van der Waals surface area contributed by atoms with E-state index in [0.717, 1.165) is 6.61 Å². The molecule has 104 valence electrons. The first-order valence-electron chi connectivity index (χ1n) is 5.78. The molecule has 6 heteroatoms. The Morgan fingerprint density at radius 2 is 1.89 bits per heavy atom. The van der Waals surface area contributed by atoms with E-state index in [1.807, 2.05) is 0 Å². The van der Waals surface area contributed by atoms with E-state index in [4.69, 9.17) is 14.9 Å². The number of hydrogen-bond acceptors (Lipinski definition) is 5. The second-order valence-electron chi connectivity index (χ2n) is 3.85. The normalized spacial score (nSPS) is 16.0. The highest BCUT2D eigenvalue weighted by atomic mass is 16.6. The van der Waals surface area contributed by atoms with Crippen LogP contribution in [0.2, 0.25) is 0 Å². The van der Waals surface area contributed by atoms with E-state index in [0.29, 0.717) is 6.10 Å². The molecule has 0 saturated carbocycles. The molecule has 0 bridgehead atoms. The number of rotatable bonds is 4. The van der Waals surface area contributed by atoms with Crippen molar-refractivity contribution in [2.75, 3.05) is 19.8 Å². The summed E-state index contributed by atoms with van der Waals surface area (Å²) in [6.07, 6.45) is 0.583.